The molecule has 2 aliphatic rings. The van der Waals surface area contributed by atoms with E-state index in [4.69, 9.17) is 0 Å². The highest BCUT2D eigenvalue weighted by Gasteiger charge is 2.47. The van der Waals surface area contributed by atoms with Gasteiger partial charge in [0, 0.05) is 77.9 Å². The topological polar surface area (TPSA) is 16.3 Å². The summed E-state index contributed by atoms with van der Waals surface area (Å²) < 4.78 is 191. The molecule has 0 unspecified atom stereocenters. The van der Waals surface area contributed by atoms with Crippen molar-refractivity contribution in [3.8, 4) is 78.1 Å². The quantitative estimate of drug-likeness (QED) is 0.100. The number of fused-ring (bicyclic) bond motifs is 16. The number of hydrogen-bond donors (Lipinski definition) is 0. The van der Waals surface area contributed by atoms with Gasteiger partial charge in [-0.3, -0.25) is 0 Å². The van der Waals surface area contributed by atoms with Crippen molar-refractivity contribution in [3.63, 3.8) is 0 Å². The monoisotopic (exact) mass is 1590 g/mol. The summed E-state index contributed by atoms with van der Waals surface area (Å²) in [4.78, 5) is 4.29. The van der Waals surface area contributed by atoms with Crippen LogP contribution in [0.2, 0.25) is 0 Å². The molecule has 5 heteroatoms. The van der Waals surface area contributed by atoms with Crippen molar-refractivity contribution in [3.05, 3.63) is 405 Å². The fourth-order valence-corrected chi connectivity index (χ4v) is 19.1. The van der Waals surface area contributed by atoms with Crippen molar-refractivity contribution in [2.75, 3.05) is 9.80 Å². The average molecular weight is 1590 g/mol. The minimum Gasteiger partial charge on any atom is -0.310 e. The molecule has 0 amide bonds. The molecule has 0 saturated carbocycles. The van der Waals surface area contributed by atoms with Gasteiger partial charge < -0.3 is 18.9 Å². The summed E-state index contributed by atoms with van der Waals surface area (Å²) in [7, 11) is 0. The Hall–Kier alpha value is -14.5. The van der Waals surface area contributed by atoms with Crippen molar-refractivity contribution in [1.82, 2.24) is 9.13 Å². The zero-order valence-corrected chi connectivity index (χ0v) is 69.4. The van der Waals surface area contributed by atoms with Crippen LogP contribution in [0.15, 0.2) is 388 Å². The van der Waals surface area contributed by atoms with E-state index < -0.39 is 120 Å². The lowest BCUT2D eigenvalue weighted by Gasteiger charge is -2.47. The van der Waals surface area contributed by atoms with Crippen LogP contribution in [0.3, 0.4) is 0 Å². The Morgan fingerprint density at radius 3 is 0.976 bits per heavy atom. The Kier molecular flexibility index (Phi) is 13.0. The number of nitrogens with zero attached hydrogens (tertiary/aromatic N) is 4. The van der Waals surface area contributed by atoms with Crippen LogP contribution in [0.5, 0.6) is 0 Å². The predicted octanol–water partition coefficient (Wildman–Crippen LogP) is 30.5. The first-order valence-corrected chi connectivity index (χ1v) is 42.0. The van der Waals surface area contributed by atoms with Crippen molar-refractivity contribution < 1.29 is 24.7 Å². The second kappa shape index (κ2) is 28.0. The third-order valence-corrected chi connectivity index (χ3v) is 25.2. The maximum absolute atomic E-state index is 12.3. The molecule has 0 bridgehead atoms. The van der Waals surface area contributed by atoms with Crippen LogP contribution < -0.4 is 26.2 Å². The minimum atomic E-state index is -1.30. The summed E-state index contributed by atoms with van der Waals surface area (Å²) in [6.07, 6.45) is 0. The van der Waals surface area contributed by atoms with Crippen LogP contribution in [0.4, 0.5) is 34.1 Å². The standard InChI is InChI=1S/C118H91BN4/c1-116(2,3)82-66-95(76-38-18-12-19-39-76)114(101(68-82)97-64-80-42-22-24-44-87(80)89-46-26-28-48-91(89)97)122-109-72-85(120-105-52-32-30-50-93(105)99-62-78(54-60-107(99)120)74-34-14-10-15-35-74)56-58-103(109)119-104-59-57-86(121-106-53-33-31-51-94(106)100-63-79(55-61-108(100)121)75-36-16-11-17-37-75)73-110(104)123(112-71-84(118(7,8)9)70-111(122)113(112)119)115-96(77-40-20-13-21-41-77)67-83(117(4,5)6)69-102(115)98-65-81-43-23-25-45-88(81)90-47-27-29-49-92(90)98/h10-73H,1-9H3/i30D,31D,32D,33D,50D,51D,52D,53D,54D,55D,56D,57D,60D,61D,62D,63D,72D,73D. The molecule has 2 aromatic heterocycles. The normalized spacial score (nSPS) is 14.9. The fraction of sp³-hybridized carbons (Fsp3) is 0.102. The average Bonchev–Trinajstić information content (AvgIpc) is 1.48. The largest absolute Gasteiger partial charge is 0.310 e. The smallest absolute Gasteiger partial charge is 0.252 e. The van der Waals surface area contributed by atoms with Gasteiger partial charge in [-0.15, -0.1) is 0 Å². The maximum atomic E-state index is 12.3. The van der Waals surface area contributed by atoms with Gasteiger partial charge in [0.2, 0.25) is 0 Å². The van der Waals surface area contributed by atoms with Gasteiger partial charge in [0.25, 0.3) is 6.71 Å². The van der Waals surface area contributed by atoms with Gasteiger partial charge in [0.1, 0.15) is 0 Å². The van der Waals surface area contributed by atoms with Gasteiger partial charge in [-0.1, -0.05) is 341 Å². The van der Waals surface area contributed by atoms with Crippen molar-refractivity contribution in [2.45, 2.75) is 78.6 Å². The Morgan fingerprint density at radius 2 is 0.577 bits per heavy atom. The highest BCUT2D eigenvalue weighted by Crippen LogP contribution is 2.58. The lowest BCUT2D eigenvalue weighted by molar-refractivity contribution is 0.590. The Bertz CT molecular complexity index is 8580. The molecule has 19 aromatic carbocycles. The summed E-state index contributed by atoms with van der Waals surface area (Å²) in [6, 6.07) is 82.9. The second-order valence-corrected chi connectivity index (χ2v) is 35.7. The molecular weight excluding hydrogens is 1480 g/mol. The summed E-state index contributed by atoms with van der Waals surface area (Å²) in [5.41, 5.74) is 9.30. The van der Waals surface area contributed by atoms with E-state index in [1.54, 1.807) is 72.8 Å². The first-order chi connectivity index (χ1) is 67.5. The Morgan fingerprint density at radius 1 is 0.244 bits per heavy atom. The van der Waals surface area contributed by atoms with E-state index in [0.29, 0.717) is 61.6 Å². The molecule has 2 aliphatic heterocycles. The van der Waals surface area contributed by atoms with Gasteiger partial charge in [-0.2, -0.15) is 0 Å². The van der Waals surface area contributed by atoms with Crippen molar-refractivity contribution in [1.29, 1.82) is 0 Å². The van der Waals surface area contributed by atoms with Crippen molar-refractivity contribution in [2.24, 2.45) is 0 Å². The first kappa shape index (κ1) is 56.8. The van der Waals surface area contributed by atoms with Crippen LogP contribution in [0.25, 0.3) is 165 Å². The molecule has 586 valence electrons. The molecule has 0 spiro atoms. The third kappa shape index (κ3) is 11.9. The highest BCUT2D eigenvalue weighted by atomic mass is 15.2. The van der Waals surface area contributed by atoms with E-state index in [2.05, 4.69) is 193 Å². The molecule has 0 saturated heterocycles. The molecule has 4 heterocycles. The van der Waals surface area contributed by atoms with Gasteiger partial charge in [0.05, 0.1) is 58.1 Å². The van der Waals surface area contributed by atoms with Gasteiger partial charge in [-0.05, 0) is 246 Å². The van der Waals surface area contributed by atoms with Crippen LogP contribution in [0.1, 0.15) is 104 Å². The van der Waals surface area contributed by atoms with Crippen LogP contribution in [-0.2, 0) is 16.2 Å². The number of rotatable bonds is 10. The highest BCUT2D eigenvalue weighted by molar-refractivity contribution is 7.00. The van der Waals surface area contributed by atoms with Gasteiger partial charge in [-0.25, -0.2) is 0 Å². The Balaban J connectivity index is 0.974. The second-order valence-electron chi connectivity index (χ2n) is 35.7. The van der Waals surface area contributed by atoms with Crippen LogP contribution in [0, 0.1) is 0 Å². The summed E-state index contributed by atoms with van der Waals surface area (Å²) >= 11 is 0. The lowest BCUT2D eigenvalue weighted by atomic mass is 9.33. The van der Waals surface area contributed by atoms with Gasteiger partial charge in [0.15, 0.2) is 0 Å². The number of anilines is 6. The van der Waals surface area contributed by atoms with E-state index >= 15 is 0 Å². The lowest BCUT2D eigenvalue weighted by Crippen LogP contribution is -2.61. The number of benzene rings is 19. The molecular formula is C118H91BN4. The molecule has 123 heavy (non-hydrogen) atoms. The van der Waals surface area contributed by atoms with Crippen molar-refractivity contribution >= 4 is 144 Å². The molecule has 0 fully saturated rings. The van der Waals surface area contributed by atoms with E-state index in [9.17, 15) is 24.7 Å². The number of hydrogen-bond acceptors (Lipinski definition) is 2. The van der Waals surface area contributed by atoms with Gasteiger partial charge >= 0.3 is 0 Å². The molecule has 0 atom stereocenters. The molecule has 0 aliphatic carbocycles. The van der Waals surface area contributed by atoms with Crippen LogP contribution >= 0.6 is 0 Å². The Labute approximate surface area is 744 Å². The SMILES string of the molecule is [2H]c1cc2c(c([2H])c1-n1c3c([2H])c([2H])c([2H])c([2H])c3c3c([2H])c(-c4ccccc4)c([2H])c([2H])c31)N(c1c(-c3ccccc3)cc(C(C)(C)C)cc1-c1cc3ccccc3c3ccccc13)c1cc(C(C)(C)C)cc3c1B2c1cc([2H])c(-n2c4c([2H])c([2H])c([2H])c([2H])c4c4c([2H])c(-c5ccccc5)c([2H])c([2H])c42)c([2H])c1N3c1c(-c2ccccc2)cc(C(C)(C)C)cc1-c1cc2ccccc2c2ccccc12. The zero-order valence-electron chi connectivity index (χ0n) is 87.4. The number of para-hydroxylation sites is 2. The summed E-state index contributed by atoms with van der Waals surface area (Å²) in [5, 5.41) is 6.98. The summed E-state index contributed by atoms with van der Waals surface area (Å²) in [5.74, 6) is 0. The molecule has 0 radical (unpaired) electrons. The summed E-state index contributed by atoms with van der Waals surface area (Å²) in [6.45, 7) is 18.2. The zero-order chi connectivity index (χ0) is 98.6. The molecule has 4 nitrogen and oxygen atoms in total. The predicted molar refractivity (Wildman–Crippen MR) is 528 cm³/mol. The maximum Gasteiger partial charge on any atom is 0.252 e. The molecule has 0 N–H and O–H groups in total. The van der Waals surface area contributed by atoms with Crippen LogP contribution in [-0.4, -0.2) is 15.8 Å². The molecule has 21 aromatic rings. The number of aromatic nitrogens is 2. The van der Waals surface area contributed by atoms with E-state index in [1.165, 1.54) is 9.13 Å². The fourth-order valence-electron chi connectivity index (χ4n) is 19.1. The van der Waals surface area contributed by atoms with E-state index in [0.717, 1.165) is 82.0 Å². The third-order valence-electron chi connectivity index (χ3n) is 25.2. The van der Waals surface area contributed by atoms with E-state index in [-0.39, 0.29) is 100 Å². The first-order valence-electron chi connectivity index (χ1n) is 51.0. The minimum absolute atomic E-state index is 0.0213. The molecule has 23 rings (SSSR count). The van der Waals surface area contributed by atoms with E-state index in [1.807, 2.05) is 84.9 Å².